The molecule has 140 valence electrons. The fraction of sp³-hybridized carbons (Fsp3) is 0.773. The molecule has 0 rings (SSSR count). The van der Waals surface area contributed by atoms with Crippen molar-refractivity contribution in [2.75, 3.05) is 6.61 Å². The first-order valence-corrected chi connectivity index (χ1v) is 10.2. The number of ether oxygens (including phenoxy) is 1. The van der Waals surface area contributed by atoms with Crippen LogP contribution in [0.2, 0.25) is 0 Å². The maximum absolute atomic E-state index is 10.6. The highest BCUT2D eigenvalue weighted by atomic mass is 16.5. The first-order valence-electron chi connectivity index (χ1n) is 10.2. The van der Waals surface area contributed by atoms with Crippen LogP contribution in [0.4, 0.5) is 0 Å². The smallest absolute Gasteiger partial charge is 0.302 e. The van der Waals surface area contributed by atoms with E-state index in [1.807, 2.05) is 6.08 Å². The molecule has 0 heterocycles. The average molecular weight is 337 g/mol. The summed E-state index contributed by atoms with van der Waals surface area (Å²) in [5, 5.41) is 0. The molecule has 24 heavy (non-hydrogen) atoms. The lowest BCUT2D eigenvalue weighted by atomic mass is 10.1. The summed E-state index contributed by atoms with van der Waals surface area (Å²) in [7, 11) is 0. The van der Waals surface area contributed by atoms with Crippen molar-refractivity contribution in [3.05, 3.63) is 24.8 Å². The number of hydrogen-bond donors (Lipinski definition) is 0. The summed E-state index contributed by atoms with van der Waals surface area (Å²) in [5.74, 6) is -0.160. The molecule has 0 bridgehead atoms. The predicted octanol–water partition coefficient (Wildman–Crippen LogP) is 7.14. The molecule has 0 atom stereocenters. The summed E-state index contributed by atoms with van der Waals surface area (Å²) in [6, 6.07) is 0. The van der Waals surface area contributed by atoms with Gasteiger partial charge < -0.3 is 4.74 Å². The molecule has 0 aliphatic rings. The van der Waals surface area contributed by atoms with Crippen LogP contribution in [0.3, 0.4) is 0 Å². The Morgan fingerprint density at radius 3 is 1.58 bits per heavy atom. The van der Waals surface area contributed by atoms with Crippen molar-refractivity contribution >= 4 is 5.97 Å². The van der Waals surface area contributed by atoms with E-state index < -0.39 is 0 Å². The van der Waals surface area contributed by atoms with Gasteiger partial charge in [0, 0.05) is 6.92 Å². The third-order valence-electron chi connectivity index (χ3n) is 4.27. The van der Waals surface area contributed by atoms with E-state index in [9.17, 15) is 4.79 Å². The maximum Gasteiger partial charge on any atom is 0.302 e. The van der Waals surface area contributed by atoms with Gasteiger partial charge >= 0.3 is 5.97 Å². The molecule has 0 N–H and O–H groups in total. The molecule has 0 spiro atoms. The second-order valence-electron chi connectivity index (χ2n) is 6.71. The van der Waals surface area contributed by atoms with Gasteiger partial charge in [-0.15, -0.1) is 6.58 Å². The van der Waals surface area contributed by atoms with Gasteiger partial charge in [0.15, 0.2) is 0 Å². The summed E-state index contributed by atoms with van der Waals surface area (Å²) in [5.41, 5.74) is 0. The monoisotopic (exact) mass is 336 g/mol. The molecule has 0 aromatic carbocycles. The quantitative estimate of drug-likeness (QED) is 0.151. The molecule has 0 aromatic heterocycles. The zero-order chi connectivity index (χ0) is 17.7. The lowest BCUT2D eigenvalue weighted by Gasteiger charge is -2.02. The normalized spacial score (nSPS) is 11.0. The molecule has 2 heteroatoms. The van der Waals surface area contributed by atoms with Crippen LogP contribution in [0.1, 0.15) is 103 Å². The lowest BCUT2D eigenvalue weighted by molar-refractivity contribution is -0.141. The maximum atomic E-state index is 10.6. The topological polar surface area (TPSA) is 26.3 Å². The Balaban J connectivity index is 3.07. The van der Waals surface area contributed by atoms with Crippen LogP contribution >= 0.6 is 0 Å². The van der Waals surface area contributed by atoms with Gasteiger partial charge in [0.25, 0.3) is 0 Å². The van der Waals surface area contributed by atoms with E-state index in [4.69, 9.17) is 4.74 Å². The van der Waals surface area contributed by atoms with E-state index in [1.165, 1.54) is 96.8 Å². The summed E-state index contributed by atoms with van der Waals surface area (Å²) >= 11 is 0. The predicted molar refractivity (Wildman–Crippen MR) is 105 cm³/mol. The van der Waals surface area contributed by atoms with Crippen molar-refractivity contribution in [3.8, 4) is 0 Å². The molecular formula is C22H40O2. The van der Waals surface area contributed by atoms with Crippen LogP contribution in [0.15, 0.2) is 24.8 Å². The number of unbranched alkanes of at least 4 members (excludes halogenated alkanes) is 13. The van der Waals surface area contributed by atoms with E-state index in [0.29, 0.717) is 6.61 Å². The Kier molecular flexibility index (Phi) is 19.1. The molecular weight excluding hydrogens is 296 g/mol. The van der Waals surface area contributed by atoms with Crippen molar-refractivity contribution in [1.82, 2.24) is 0 Å². The molecule has 0 aliphatic heterocycles. The highest BCUT2D eigenvalue weighted by molar-refractivity contribution is 5.65. The highest BCUT2D eigenvalue weighted by Gasteiger charge is 1.94. The number of hydrogen-bond acceptors (Lipinski definition) is 2. The van der Waals surface area contributed by atoms with Gasteiger partial charge in [-0.3, -0.25) is 4.79 Å². The second-order valence-corrected chi connectivity index (χ2v) is 6.71. The highest BCUT2D eigenvalue weighted by Crippen LogP contribution is 2.11. The van der Waals surface area contributed by atoms with Crippen LogP contribution in [0.25, 0.3) is 0 Å². The van der Waals surface area contributed by atoms with Gasteiger partial charge in [-0.05, 0) is 44.9 Å². The molecule has 0 aromatic rings. The Morgan fingerprint density at radius 1 is 0.708 bits per heavy atom. The summed E-state index contributed by atoms with van der Waals surface area (Å²) in [4.78, 5) is 10.6. The number of esters is 1. The van der Waals surface area contributed by atoms with Crippen LogP contribution < -0.4 is 0 Å². The van der Waals surface area contributed by atoms with E-state index in [1.54, 1.807) is 0 Å². The zero-order valence-corrected chi connectivity index (χ0v) is 16.1. The minimum absolute atomic E-state index is 0.160. The van der Waals surface area contributed by atoms with Gasteiger partial charge in [-0.1, -0.05) is 69.6 Å². The third kappa shape index (κ3) is 20.9. The first kappa shape index (κ1) is 22.9. The van der Waals surface area contributed by atoms with Gasteiger partial charge in [0.1, 0.15) is 0 Å². The third-order valence-corrected chi connectivity index (χ3v) is 4.27. The largest absolute Gasteiger partial charge is 0.466 e. The van der Waals surface area contributed by atoms with Crippen LogP contribution in [-0.2, 0) is 9.53 Å². The molecule has 0 fully saturated rings. The molecule has 0 saturated carbocycles. The van der Waals surface area contributed by atoms with Crippen LogP contribution in [0.5, 0.6) is 0 Å². The molecule has 0 amide bonds. The SMILES string of the molecule is C=CCCCCCCC=CCCCCCCCCCCOC(C)=O. The lowest BCUT2D eigenvalue weighted by Crippen LogP contribution is -2.00. The Bertz CT molecular complexity index is 307. The summed E-state index contributed by atoms with van der Waals surface area (Å²) in [6.07, 6.45) is 26.0. The van der Waals surface area contributed by atoms with E-state index in [0.717, 1.165) is 6.42 Å². The molecule has 0 aliphatic carbocycles. The molecule has 0 unspecified atom stereocenters. The van der Waals surface area contributed by atoms with Crippen molar-refractivity contribution in [3.63, 3.8) is 0 Å². The number of carbonyl (C=O) groups is 1. The van der Waals surface area contributed by atoms with Crippen molar-refractivity contribution in [2.24, 2.45) is 0 Å². The first-order chi connectivity index (χ1) is 11.8. The van der Waals surface area contributed by atoms with E-state index in [-0.39, 0.29) is 5.97 Å². The van der Waals surface area contributed by atoms with Crippen LogP contribution in [0, 0.1) is 0 Å². The summed E-state index contributed by atoms with van der Waals surface area (Å²) < 4.78 is 4.92. The number of allylic oxidation sites excluding steroid dienone is 3. The Labute approximate surface area is 150 Å². The fourth-order valence-electron chi connectivity index (χ4n) is 2.78. The zero-order valence-electron chi connectivity index (χ0n) is 16.1. The van der Waals surface area contributed by atoms with Gasteiger partial charge in [-0.25, -0.2) is 0 Å². The van der Waals surface area contributed by atoms with E-state index in [2.05, 4.69) is 18.7 Å². The van der Waals surface area contributed by atoms with Gasteiger partial charge in [0.2, 0.25) is 0 Å². The van der Waals surface area contributed by atoms with Crippen molar-refractivity contribution in [2.45, 2.75) is 103 Å². The van der Waals surface area contributed by atoms with Gasteiger partial charge in [-0.2, -0.15) is 0 Å². The standard InChI is InChI=1S/C22H40O2/c1-3-4-5-6-7-8-9-10-11-12-13-14-15-16-17-18-19-20-21-24-22(2)23/h3,10-11H,1,4-9,12-21H2,2H3. The second kappa shape index (κ2) is 20.0. The molecule has 0 radical (unpaired) electrons. The van der Waals surface area contributed by atoms with Crippen LogP contribution in [-0.4, -0.2) is 12.6 Å². The van der Waals surface area contributed by atoms with Gasteiger partial charge in [0.05, 0.1) is 6.61 Å². The molecule has 2 nitrogen and oxygen atoms in total. The number of rotatable bonds is 18. The average Bonchev–Trinajstić information content (AvgIpc) is 2.56. The molecule has 0 saturated heterocycles. The van der Waals surface area contributed by atoms with Crippen molar-refractivity contribution in [1.29, 1.82) is 0 Å². The minimum atomic E-state index is -0.160. The Morgan fingerprint density at radius 2 is 1.12 bits per heavy atom. The summed E-state index contributed by atoms with van der Waals surface area (Å²) in [6.45, 7) is 5.82. The van der Waals surface area contributed by atoms with Crippen molar-refractivity contribution < 1.29 is 9.53 Å². The fourth-order valence-corrected chi connectivity index (χ4v) is 2.78. The minimum Gasteiger partial charge on any atom is -0.466 e. The van der Waals surface area contributed by atoms with E-state index >= 15 is 0 Å². The Hall–Kier alpha value is -1.05. The number of carbonyl (C=O) groups excluding carboxylic acids is 1.